The van der Waals surface area contributed by atoms with Crippen molar-refractivity contribution in [3.63, 3.8) is 0 Å². The molecule has 2 amide bonds. The number of amides is 2. The van der Waals surface area contributed by atoms with Crippen LogP contribution in [0.1, 0.15) is 19.8 Å². The first-order chi connectivity index (χ1) is 8.02. The Balaban J connectivity index is 2.33. The summed E-state index contributed by atoms with van der Waals surface area (Å²) in [4.78, 5) is 36.1. The van der Waals surface area contributed by atoms with Crippen molar-refractivity contribution in [3.8, 4) is 0 Å². The molecule has 6 heteroatoms. The fourth-order valence-corrected chi connectivity index (χ4v) is 1.87. The fourth-order valence-electron chi connectivity index (χ4n) is 1.87. The zero-order valence-corrected chi connectivity index (χ0v) is 9.96. The second kappa shape index (κ2) is 6.22. The molecular formula is C11H18N2O4. The summed E-state index contributed by atoms with van der Waals surface area (Å²) < 4.78 is 0. The van der Waals surface area contributed by atoms with Crippen LogP contribution >= 0.6 is 0 Å². The number of carbonyl (C=O) groups excluding carboxylic acids is 2. The van der Waals surface area contributed by atoms with Crippen LogP contribution < -0.4 is 0 Å². The largest absolute Gasteiger partial charge is 0.481 e. The number of carboxylic acids is 1. The molecule has 1 rings (SSSR count). The lowest BCUT2D eigenvalue weighted by Gasteiger charge is -2.33. The van der Waals surface area contributed by atoms with Gasteiger partial charge >= 0.3 is 5.97 Å². The second-order valence-electron chi connectivity index (χ2n) is 4.43. The first-order valence-corrected chi connectivity index (χ1v) is 5.72. The van der Waals surface area contributed by atoms with E-state index in [-0.39, 0.29) is 24.7 Å². The molecular weight excluding hydrogens is 224 g/mol. The number of hydrogen-bond donors (Lipinski definition) is 1. The van der Waals surface area contributed by atoms with E-state index in [9.17, 15) is 14.4 Å². The molecule has 1 unspecified atom stereocenters. The molecule has 0 spiro atoms. The van der Waals surface area contributed by atoms with Crippen LogP contribution in [0, 0.1) is 5.92 Å². The quantitative estimate of drug-likeness (QED) is 0.676. The number of nitrogens with zero attached hydrogens (tertiary/aromatic N) is 2. The summed E-state index contributed by atoms with van der Waals surface area (Å²) in [7, 11) is 0. The number of aliphatic carboxylic acids is 1. The first-order valence-electron chi connectivity index (χ1n) is 5.72. The molecule has 1 fully saturated rings. The molecule has 0 aliphatic carbocycles. The van der Waals surface area contributed by atoms with E-state index in [0.717, 1.165) is 6.41 Å². The molecule has 1 atom stereocenters. The minimum Gasteiger partial charge on any atom is -0.481 e. The Kier molecular flexibility index (Phi) is 4.93. The minimum absolute atomic E-state index is 0.0139. The van der Waals surface area contributed by atoms with Crippen LogP contribution in [-0.4, -0.2) is 59.4 Å². The van der Waals surface area contributed by atoms with E-state index >= 15 is 0 Å². The summed E-state index contributed by atoms with van der Waals surface area (Å²) in [6.45, 7) is 3.95. The zero-order valence-electron chi connectivity index (χ0n) is 9.96. The molecule has 0 bridgehead atoms. The number of rotatable bonds is 5. The van der Waals surface area contributed by atoms with E-state index in [2.05, 4.69) is 0 Å². The smallest absolute Gasteiger partial charge is 0.303 e. The summed E-state index contributed by atoms with van der Waals surface area (Å²) in [6, 6.07) is 0. The van der Waals surface area contributed by atoms with Crippen LogP contribution in [0.25, 0.3) is 0 Å². The van der Waals surface area contributed by atoms with Crippen LogP contribution in [0.5, 0.6) is 0 Å². The maximum absolute atomic E-state index is 11.8. The summed E-state index contributed by atoms with van der Waals surface area (Å²) in [5, 5.41) is 8.60. The van der Waals surface area contributed by atoms with Crippen LogP contribution in [0.3, 0.4) is 0 Å². The highest BCUT2D eigenvalue weighted by molar-refractivity contribution is 5.77. The second-order valence-corrected chi connectivity index (χ2v) is 4.43. The standard InChI is InChI=1S/C11H18N2O4/c1-9(7-11(16)17)6-10(15)13-4-2-12(8-14)3-5-13/h8-9H,2-7H2,1H3,(H,16,17). The SMILES string of the molecule is CC(CC(=O)O)CC(=O)N1CCN(C=O)CC1. The molecule has 1 aliphatic heterocycles. The molecule has 1 aliphatic rings. The van der Waals surface area contributed by atoms with Gasteiger partial charge in [-0.05, 0) is 5.92 Å². The van der Waals surface area contributed by atoms with Crippen molar-refractivity contribution in [3.05, 3.63) is 0 Å². The van der Waals surface area contributed by atoms with Gasteiger partial charge in [0.1, 0.15) is 0 Å². The van der Waals surface area contributed by atoms with Gasteiger partial charge in [-0.15, -0.1) is 0 Å². The maximum atomic E-state index is 11.8. The Hall–Kier alpha value is -1.59. The van der Waals surface area contributed by atoms with Gasteiger partial charge in [0.05, 0.1) is 0 Å². The number of piperazine rings is 1. The number of carbonyl (C=O) groups is 3. The lowest BCUT2D eigenvalue weighted by Crippen LogP contribution is -2.48. The van der Waals surface area contributed by atoms with Gasteiger partial charge in [-0.2, -0.15) is 0 Å². The molecule has 96 valence electrons. The summed E-state index contributed by atoms with van der Waals surface area (Å²) in [6.07, 6.45) is 1.06. The average Bonchev–Trinajstić information content (AvgIpc) is 2.28. The third-order valence-corrected chi connectivity index (χ3v) is 2.86. The third kappa shape index (κ3) is 4.42. The Labute approximate surface area is 100 Å². The van der Waals surface area contributed by atoms with E-state index < -0.39 is 5.97 Å². The van der Waals surface area contributed by atoms with Gasteiger partial charge < -0.3 is 14.9 Å². The van der Waals surface area contributed by atoms with Crippen molar-refractivity contribution in [2.45, 2.75) is 19.8 Å². The molecule has 6 nitrogen and oxygen atoms in total. The van der Waals surface area contributed by atoms with E-state index in [0.29, 0.717) is 26.2 Å². The maximum Gasteiger partial charge on any atom is 0.303 e. The Morgan fingerprint density at radius 2 is 1.82 bits per heavy atom. The Morgan fingerprint density at radius 3 is 2.29 bits per heavy atom. The summed E-state index contributed by atoms with van der Waals surface area (Å²) >= 11 is 0. The molecule has 0 saturated carbocycles. The normalized spacial score (nSPS) is 17.7. The molecule has 17 heavy (non-hydrogen) atoms. The van der Waals surface area contributed by atoms with E-state index in [4.69, 9.17) is 5.11 Å². The molecule has 0 radical (unpaired) electrons. The van der Waals surface area contributed by atoms with Gasteiger partial charge in [-0.3, -0.25) is 14.4 Å². The molecule has 1 N–H and O–H groups in total. The van der Waals surface area contributed by atoms with E-state index in [1.54, 1.807) is 16.7 Å². The summed E-state index contributed by atoms with van der Waals surface area (Å²) in [5.41, 5.74) is 0. The Bertz CT molecular complexity index is 298. The van der Waals surface area contributed by atoms with Crippen molar-refractivity contribution >= 4 is 18.3 Å². The van der Waals surface area contributed by atoms with Crippen LogP contribution in [-0.2, 0) is 14.4 Å². The molecule has 1 heterocycles. The van der Waals surface area contributed by atoms with E-state index in [1.165, 1.54) is 0 Å². The highest BCUT2D eigenvalue weighted by Crippen LogP contribution is 2.11. The van der Waals surface area contributed by atoms with Gasteiger partial charge in [0.25, 0.3) is 0 Å². The monoisotopic (exact) mass is 242 g/mol. The highest BCUT2D eigenvalue weighted by atomic mass is 16.4. The fraction of sp³-hybridized carbons (Fsp3) is 0.727. The molecule has 0 aromatic rings. The van der Waals surface area contributed by atoms with Gasteiger partial charge in [0.2, 0.25) is 12.3 Å². The third-order valence-electron chi connectivity index (χ3n) is 2.86. The van der Waals surface area contributed by atoms with Crippen LogP contribution in [0.4, 0.5) is 0 Å². The lowest BCUT2D eigenvalue weighted by molar-refractivity contribution is -0.139. The van der Waals surface area contributed by atoms with Crippen LogP contribution in [0.15, 0.2) is 0 Å². The molecule has 0 aromatic carbocycles. The summed E-state index contributed by atoms with van der Waals surface area (Å²) in [5.74, 6) is -1.05. The van der Waals surface area contributed by atoms with Crippen molar-refractivity contribution < 1.29 is 19.5 Å². The van der Waals surface area contributed by atoms with Crippen LogP contribution in [0.2, 0.25) is 0 Å². The number of carboxylic acid groups (broad SMARTS) is 1. The van der Waals surface area contributed by atoms with Crippen molar-refractivity contribution in [2.24, 2.45) is 5.92 Å². The van der Waals surface area contributed by atoms with Gasteiger partial charge in [-0.1, -0.05) is 6.92 Å². The topological polar surface area (TPSA) is 77.9 Å². The predicted molar refractivity (Wildman–Crippen MR) is 60.3 cm³/mol. The van der Waals surface area contributed by atoms with Gasteiger partial charge in [0.15, 0.2) is 0 Å². The highest BCUT2D eigenvalue weighted by Gasteiger charge is 2.22. The first kappa shape index (κ1) is 13.5. The minimum atomic E-state index is -0.879. The van der Waals surface area contributed by atoms with Gasteiger partial charge in [-0.25, -0.2) is 0 Å². The molecule has 0 aromatic heterocycles. The lowest BCUT2D eigenvalue weighted by atomic mass is 10.0. The zero-order chi connectivity index (χ0) is 12.8. The molecule has 1 saturated heterocycles. The van der Waals surface area contributed by atoms with Crippen molar-refractivity contribution in [2.75, 3.05) is 26.2 Å². The number of hydrogen-bond acceptors (Lipinski definition) is 3. The van der Waals surface area contributed by atoms with E-state index in [1.807, 2.05) is 0 Å². The predicted octanol–water partition coefficient (Wildman–Crippen LogP) is -0.212. The van der Waals surface area contributed by atoms with Crippen molar-refractivity contribution in [1.82, 2.24) is 9.80 Å². The Morgan fingerprint density at radius 1 is 1.24 bits per heavy atom. The van der Waals surface area contributed by atoms with Gasteiger partial charge in [0, 0.05) is 39.0 Å². The average molecular weight is 242 g/mol. The van der Waals surface area contributed by atoms with Crippen molar-refractivity contribution in [1.29, 1.82) is 0 Å².